The van der Waals surface area contributed by atoms with E-state index in [4.69, 9.17) is 5.26 Å². The van der Waals surface area contributed by atoms with E-state index in [0.717, 1.165) is 5.69 Å². The van der Waals surface area contributed by atoms with Crippen LogP contribution in [-0.2, 0) is 0 Å². The van der Waals surface area contributed by atoms with E-state index in [0.29, 0.717) is 6.54 Å². The first-order valence-electron chi connectivity index (χ1n) is 6.42. The van der Waals surface area contributed by atoms with Gasteiger partial charge in [0, 0.05) is 30.7 Å². The molecule has 1 aromatic heterocycles. The van der Waals surface area contributed by atoms with Gasteiger partial charge in [-0.05, 0) is 31.5 Å². The van der Waals surface area contributed by atoms with Crippen LogP contribution in [0, 0.1) is 17.2 Å². The SMILES string of the molecule is C[C@@H](C#N)CN[C@H](C)c1ccc(-n2ccnc2)cc1. The van der Waals surface area contributed by atoms with E-state index in [2.05, 4.69) is 47.6 Å². The molecule has 0 aliphatic rings. The molecule has 0 fully saturated rings. The van der Waals surface area contributed by atoms with Crippen LogP contribution in [0.3, 0.4) is 0 Å². The molecule has 2 aromatic rings. The quantitative estimate of drug-likeness (QED) is 0.892. The van der Waals surface area contributed by atoms with Gasteiger partial charge in [0.2, 0.25) is 0 Å². The average Bonchev–Trinajstić information content (AvgIpc) is 2.98. The second kappa shape index (κ2) is 6.17. The van der Waals surface area contributed by atoms with Crippen molar-refractivity contribution >= 4 is 0 Å². The summed E-state index contributed by atoms with van der Waals surface area (Å²) in [4.78, 5) is 4.03. The van der Waals surface area contributed by atoms with Crippen LogP contribution in [0.5, 0.6) is 0 Å². The van der Waals surface area contributed by atoms with E-state index in [9.17, 15) is 0 Å². The Hall–Kier alpha value is -2.12. The first-order chi connectivity index (χ1) is 9.20. The minimum absolute atomic E-state index is 0.0349. The Bertz CT molecular complexity index is 537. The lowest BCUT2D eigenvalue weighted by Crippen LogP contribution is -2.23. The number of imidazole rings is 1. The van der Waals surface area contributed by atoms with Crippen molar-refractivity contribution in [3.63, 3.8) is 0 Å². The zero-order valence-electron chi connectivity index (χ0n) is 11.2. The molecular formula is C15H18N4. The molecule has 0 aliphatic heterocycles. The molecule has 0 aliphatic carbocycles. The molecule has 0 saturated carbocycles. The summed E-state index contributed by atoms with van der Waals surface area (Å²) in [5.41, 5.74) is 2.31. The van der Waals surface area contributed by atoms with Gasteiger partial charge in [0.15, 0.2) is 0 Å². The Morgan fingerprint density at radius 3 is 2.63 bits per heavy atom. The lowest BCUT2D eigenvalue weighted by Gasteiger charge is -2.15. The molecule has 2 rings (SSSR count). The molecule has 4 heteroatoms. The summed E-state index contributed by atoms with van der Waals surface area (Å²) < 4.78 is 1.97. The molecule has 0 bridgehead atoms. The van der Waals surface area contributed by atoms with Crippen LogP contribution in [0.1, 0.15) is 25.5 Å². The third-order valence-electron chi connectivity index (χ3n) is 3.15. The molecule has 1 N–H and O–H groups in total. The standard InChI is InChI=1S/C15H18N4/c1-12(9-16)10-18-13(2)14-3-5-15(6-4-14)19-8-7-17-11-19/h3-8,11-13,18H,10H2,1-2H3/t12-,13+/m0/s1. The monoisotopic (exact) mass is 254 g/mol. The maximum absolute atomic E-state index is 8.76. The van der Waals surface area contributed by atoms with Crippen LogP contribution >= 0.6 is 0 Å². The molecular weight excluding hydrogens is 236 g/mol. The summed E-state index contributed by atoms with van der Waals surface area (Å²) in [6.45, 7) is 4.74. The van der Waals surface area contributed by atoms with E-state index in [1.54, 1.807) is 12.5 Å². The zero-order valence-corrected chi connectivity index (χ0v) is 11.2. The molecule has 0 spiro atoms. The fraction of sp³-hybridized carbons (Fsp3) is 0.333. The highest BCUT2D eigenvalue weighted by Crippen LogP contribution is 2.15. The third-order valence-corrected chi connectivity index (χ3v) is 3.15. The van der Waals surface area contributed by atoms with Crippen molar-refractivity contribution in [2.75, 3.05) is 6.54 Å². The summed E-state index contributed by atoms with van der Waals surface area (Å²) >= 11 is 0. The van der Waals surface area contributed by atoms with Crippen molar-refractivity contribution in [1.82, 2.24) is 14.9 Å². The van der Waals surface area contributed by atoms with E-state index in [1.165, 1.54) is 5.56 Å². The number of aromatic nitrogens is 2. The number of hydrogen-bond donors (Lipinski definition) is 1. The summed E-state index contributed by atoms with van der Waals surface area (Å²) in [5, 5.41) is 12.1. The minimum atomic E-state index is 0.0349. The van der Waals surface area contributed by atoms with Gasteiger partial charge in [-0.15, -0.1) is 0 Å². The van der Waals surface area contributed by atoms with Crippen LogP contribution in [0.4, 0.5) is 0 Å². The van der Waals surface area contributed by atoms with Crippen molar-refractivity contribution in [3.8, 4) is 11.8 Å². The number of nitrogens with one attached hydrogen (secondary N) is 1. The smallest absolute Gasteiger partial charge is 0.0991 e. The lowest BCUT2D eigenvalue weighted by molar-refractivity contribution is 0.528. The molecule has 0 saturated heterocycles. The van der Waals surface area contributed by atoms with Crippen LogP contribution < -0.4 is 5.32 Å². The fourth-order valence-electron chi connectivity index (χ4n) is 1.86. The first kappa shape index (κ1) is 13.3. The molecule has 98 valence electrons. The summed E-state index contributed by atoms with van der Waals surface area (Å²) in [5.74, 6) is 0.0349. The molecule has 4 nitrogen and oxygen atoms in total. The molecule has 0 amide bonds. The molecule has 1 aromatic carbocycles. The Balaban J connectivity index is 2.00. The summed E-state index contributed by atoms with van der Waals surface area (Å²) in [6, 6.07) is 10.8. The molecule has 0 radical (unpaired) electrons. The second-order valence-electron chi connectivity index (χ2n) is 4.72. The van der Waals surface area contributed by atoms with Crippen molar-refractivity contribution in [2.45, 2.75) is 19.9 Å². The van der Waals surface area contributed by atoms with Crippen LogP contribution in [0.25, 0.3) is 5.69 Å². The van der Waals surface area contributed by atoms with E-state index in [-0.39, 0.29) is 12.0 Å². The number of nitriles is 1. The summed E-state index contributed by atoms with van der Waals surface area (Å²) in [7, 11) is 0. The maximum Gasteiger partial charge on any atom is 0.0991 e. The largest absolute Gasteiger partial charge is 0.309 e. The Morgan fingerprint density at radius 1 is 1.32 bits per heavy atom. The maximum atomic E-state index is 8.76. The highest BCUT2D eigenvalue weighted by atomic mass is 15.0. The molecule has 2 atom stereocenters. The van der Waals surface area contributed by atoms with Crippen molar-refractivity contribution in [1.29, 1.82) is 5.26 Å². The lowest BCUT2D eigenvalue weighted by atomic mass is 10.1. The Kier molecular flexibility index (Phi) is 4.32. The van der Waals surface area contributed by atoms with Gasteiger partial charge in [-0.2, -0.15) is 5.26 Å². The van der Waals surface area contributed by atoms with Crippen molar-refractivity contribution < 1.29 is 0 Å². The predicted octanol–water partition coefficient (Wildman–Crippen LogP) is 2.68. The van der Waals surface area contributed by atoms with Crippen LogP contribution in [0.15, 0.2) is 43.0 Å². The van der Waals surface area contributed by atoms with Gasteiger partial charge in [-0.25, -0.2) is 4.98 Å². The number of benzene rings is 1. The summed E-state index contributed by atoms with van der Waals surface area (Å²) in [6.07, 6.45) is 5.47. The van der Waals surface area contributed by atoms with Gasteiger partial charge in [-0.3, -0.25) is 0 Å². The van der Waals surface area contributed by atoms with Gasteiger partial charge in [0.25, 0.3) is 0 Å². The second-order valence-corrected chi connectivity index (χ2v) is 4.72. The third kappa shape index (κ3) is 3.43. The topological polar surface area (TPSA) is 53.6 Å². The molecule has 1 heterocycles. The molecule has 19 heavy (non-hydrogen) atoms. The predicted molar refractivity (Wildman–Crippen MR) is 74.8 cm³/mol. The Labute approximate surface area is 113 Å². The number of nitrogens with zero attached hydrogens (tertiary/aromatic N) is 3. The van der Waals surface area contributed by atoms with Gasteiger partial charge >= 0.3 is 0 Å². The number of hydrogen-bond acceptors (Lipinski definition) is 3. The van der Waals surface area contributed by atoms with Crippen LogP contribution in [0.2, 0.25) is 0 Å². The first-order valence-corrected chi connectivity index (χ1v) is 6.42. The van der Waals surface area contributed by atoms with Crippen molar-refractivity contribution in [3.05, 3.63) is 48.5 Å². The van der Waals surface area contributed by atoms with Gasteiger partial charge in [-0.1, -0.05) is 12.1 Å². The fourth-order valence-corrected chi connectivity index (χ4v) is 1.86. The van der Waals surface area contributed by atoms with Gasteiger partial charge in [0.05, 0.1) is 18.3 Å². The van der Waals surface area contributed by atoms with E-state index in [1.807, 2.05) is 17.7 Å². The highest BCUT2D eigenvalue weighted by molar-refractivity contribution is 5.35. The van der Waals surface area contributed by atoms with E-state index >= 15 is 0 Å². The normalized spacial score (nSPS) is 13.7. The minimum Gasteiger partial charge on any atom is -0.309 e. The van der Waals surface area contributed by atoms with Gasteiger partial charge < -0.3 is 9.88 Å². The number of rotatable bonds is 5. The van der Waals surface area contributed by atoms with Crippen LogP contribution in [-0.4, -0.2) is 16.1 Å². The zero-order chi connectivity index (χ0) is 13.7. The average molecular weight is 254 g/mol. The molecule has 0 unspecified atom stereocenters. The highest BCUT2D eigenvalue weighted by Gasteiger charge is 2.07. The van der Waals surface area contributed by atoms with E-state index < -0.39 is 0 Å². The Morgan fingerprint density at radius 2 is 2.05 bits per heavy atom. The van der Waals surface area contributed by atoms with Gasteiger partial charge in [0.1, 0.15) is 0 Å². The van der Waals surface area contributed by atoms with Crippen molar-refractivity contribution in [2.24, 2.45) is 5.92 Å².